The molecule has 0 radical (unpaired) electrons. The Balaban J connectivity index is 4.01. The molecule has 0 aliphatic rings. The van der Waals surface area contributed by atoms with Crippen LogP contribution in [-0.4, -0.2) is 23.9 Å². The van der Waals surface area contributed by atoms with E-state index in [1.54, 1.807) is 0 Å². The highest BCUT2D eigenvalue weighted by atomic mass is 16.5. The molecule has 0 rings (SSSR count). The summed E-state index contributed by atoms with van der Waals surface area (Å²) < 4.78 is 11.5. The molecule has 0 bridgehead atoms. The molecule has 0 heterocycles. The van der Waals surface area contributed by atoms with Crippen molar-refractivity contribution in [3.05, 3.63) is 0 Å². The predicted molar refractivity (Wildman–Crippen MR) is 65.2 cm³/mol. The molecule has 92 valence electrons. The van der Waals surface area contributed by atoms with E-state index in [0.717, 1.165) is 19.4 Å². The quantitative estimate of drug-likeness (QED) is 0.644. The molecule has 0 spiro atoms. The van der Waals surface area contributed by atoms with Gasteiger partial charge in [0.2, 0.25) is 0 Å². The Morgan fingerprint density at radius 1 is 0.933 bits per heavy atom. The number of hydrogen-bond donors (Lipinski definition) is 0. The molecule has 0 aromatic rings. The molecule has 2 heteroatoms. The molecular weight excluding hydrogens is 188 g/mol. The van der Waals surface area contributed by atoms with E-state index in [2.05, 4.69) is 41.5 Å². The van der Waals surface area contributed by atoms with E-state index in [4.69, 9.17) is 9.47 Å². The summed E-state index contributed by atoms with van der Waals surface area (Å²) in [5.74, 6) is 0. The van der Waals surface area contributed by atoms with Crippen LogP contribution in [0.3, 0.4) is 0 Å². The highest BCUT2D eigenvalue weighted by Crippen LogP contribution is 2.25. The van der Waals surface area contributed by atoms with Crippen molar-refractivity contribution in [2.24, 2.45) is 0 Å². The van der Waals surface area contributed by atoms with Crippen LogP contribution in [0.15, 0.2) is 0 Å². The lowest BCUT2D eigenvalue weighted by Crippen LogP contribution is -2.33. The van der Waals surface area contributed by atoms with Gasteiger partial charge >= 0.3 is 0 Å². The average Bonchev–Trinajstić information content (AvgIpc) is 1.99. The lowest BCUT2D eigenvalue weighted by atomic mass is 9.93. The van der Waals surface area contributed by atoms with Crippen molar-refractivity contribution in [2.75, 3.05) is 6.61 Å². The van der Waals surface area contributed by atoms with Gasteiger partial charge in [-0.3, -0.25) is 0 Å². The molecule has 0 saturated heterocycles. The van der Waals surface area contributed by atoms with Crippen molar-refractivity contribution in [3.63, 3.8) is 0 Å². The SMILES string of the molecule is CCOC(C)(C)CCC(C)(C)OC(C)C. The third-order valence-corrected chi connectivity index (χ3v) is 2.42. The van der Waals surface area contributed by atoms with Crippen LogP contribution in [0.1, 0.15) is 61.3 Å². The van der Waals surface area contributed by atoms with E-state index >= 15 is 0 Å². The maximum Gasteiger partial charge on any atom is 0.0631 e. The van der Waals surface area contributed by atoms with E-state index in [1.165, 1.54) is 0 Å². The van der Waals surface area contributed by atoms with Gasteiger partial charge in [0.05, 0.1) is 17.3 Å². The first-order valence-electron chi connectivity index (χ1n) is 6.00. The fourth-order valence-electron chi connectivity index (χ4n) is 1.76. The Kier molecular flexibility index (Phi) is 5.82. The lowest BCUT2D eigenvalue weighted by Gasteiger charge is -2.32. The molecule has 0 aliphatic heterocycles. The zero-order chi connectivity index (χ0) is 12.1. The fourth-order valence-corrected chi connectivity index (χ4v) is 1.76. The molecule has 0 fully saturated rings. The molecular formula is C13H28O2. The molecule has 0 unspecified atom stereocenters. The summed E-state index contributed by atoms with van der Waals surface area (Å²) in [4.78, 5) is 0. The van der Waals surface area contributed by atoms with Crippen LogP contribution >= 0.6 is 0 Å². The molecule has 0 atom stereocenters. The third-order valence-electron chi connectivity index (χ3n) is 2.42. The summed E-state index contributed by atoms with van der Waals surface area (Å²) >= 11 is 0. The summed E-state index contributed by atoms with van der Waals surface area (Å²) in [6, 6.07) is 0. The molecule has 15 heavy (non-hydrogen) atoms. The highest BCUT2D eigenvalue weighted by molar-refractivity contribution is 4.77. The second-order valence-corrected chi connectivity index (χ2v) is 5.62. The molecule has 2 nitrogen and oxygen atoms in total. The van der Waals surface area contributed by atoms with E-state index in [9.17, 15) is 0 Å². The number of hydrogen-bond acceptors (Lipinski definition) is 2. The first kappa shape index (κ1) is 14.9. The number of rotatable bonds is 7. The van der Waals surface area contributed by atoms with Gasteiger partial charge in [0, 0.05) is 6.61 Å². The van der Waals surface area contributed by atoms with Gasteiger partial charge in [0.1, 0.15) is 0 Å². The molecule has 0 amide bonds. The maximum absolute atomic E-state index is 5.86. The van der Waals surface area contributed by atoms with Crippen molar-refractivity contribution in [1.29, 1.82) is 0 Å². The van der Waals surface area contributed by atoms with Gasteiger partial charge in [-0.05, 0) is 61.3 Å². The van der Waals surface area contributed by atoms with Gasteiger partial charge in [-0.2, -0.15) is 0 Å². The Morgan fingerprint density at radius 3 is 1.80 bits per heavy atom. The minimum atomic E-state index is -0.0530. The molecule has 0 N–H and O–H groups in total. The topological polar surface area (TPSA) is 18.5 Å². The smallest absolute Gasteiger partial charge is 0.0631 e. The minimum Gasteiger partial charge on any atom is -0.376 e. The van der Waals surface area contributed by atoms with Gasteiger partial charge in [-0.1, -0.05) is 0 Å². The van der Waals surface area contributed by atoms with Gasteiger partial charge in [0.25, 0.3) is 0 Å². The van der Waals surface area contributed by atoms with Gasteiger partial charge < -0.3 is 9.47 Å². The predicted octanol–water partition coefficient (Wildman–Crippen LogP) is 3.79. The van der Waals surface area contributed by atoms with Crippen LogP contribution in [0.4, 0.5) is 0 Å². The van der Waals surface area contributed by atoms with E-state index in [0.29, 0.717) is 0 Å². The monoisotopic (exact) mass is 216 g/mol. The van der Waals surface area contributed by atoms with Crippen molar-refractivity contribution >= 4 is 0 Å². The van der Waals surface area contributed by atoms with Crippen molar-refractivity contribution in [2.45, 2.75) is 78.6 Å². The van der Waals surface area contributed by atoms with Crippen LogP contribution < -0.4 is 0 Å². The summed E-state index contributed by atoms with van der Waals surface area (Å²) in [5.41, 5.74) is -0.0884. The average molecular weight is 216 g/mol. The standard InChI is InChI=1S/C13H28O2/c1-8-14-12(4,5)9-10-13(6,7)15-11(2)3/h11H,8-10H2,1-7H3. The van der Waals surface area contributed by atoms with E-state index in [1.807, 2.05) is 6.92 Å². The Hall–Kier alpha value is -0.0800. The summed E-state index contributed by atoms with van der Waals surface area (Å²) in [6.45, 7) is 15.6. The van der Waals surface area contributed by atoms with Crippen LogP contribution in [0.25, 0.3) is 0 Å². The minimum absolute atomic E-state index is 0.0354. The third kappa shape index (κ3) is 7.80. The van der Waals surface area contributed by atoms with Gasteiger partial charge in [0.15, 0.2) is 0 Å². The fraction of sp³-hybridized carbons (Fsp3) is 1.00. The first-order valence-corrected chi connectivity index (χ1v) is 6.00. The van der Waals surface area contributed by atoms with Crippen LogP contribution in [0.2, 0.25) is 0 Å². The van der Waals surface area contributed by atoms with Crippen LogP contribution in [0.5, 0.6) is 0 Å². The second-order valence-electron chi connectivity index (χ2n) is 5.62. The van der Waals surface area contributed by atoms with Crippen LogP contribution in [-0.2, 0) is 9.47 Å². The Morgan fingerprint density at radius 2 is 1.40 bits per heavy atom. The highest BCUT2D eigenvalue weighted by Gasteiger charge is 2.25. The van der Waals surface area contributed by atoms with E-state index in [-0.39, 0.29) is 17.3 Å². The lowest BCUT2D eigenvalue weighted by molar-refractivity contribution is -0.0825. The van der Waals surface area contributed by atoms with Gasteiger partial charge in [-0.15, -0.1) is 0 Å². The van der Waals surface area contributed by atoms with Gasteiger partial charge in [-0.25, -0.2) is 0 Å². The molecule has 0 saturated carbocycles. The van der Waals surface area contributed by atoms with E-state index < -0.39 is 0 Å². The zero-order valence-corrected chi connectivity index (χ0v) is 11.5. The summed E-state index contributed by atoms with van der Waals surface area (Å²) in [5, 5.41) is 0. The molecule has 0 aromatic carbocycles. The molecule has 0 aliphatic carbocycles. The molecule has 0 aromatic heterocycles. The van der Waals surface area contributed by atoms with Crippen molar-refractivity contribution in [3.8, 4) is 0 Å². The largest absolute Gasteiger partial charge is 0.376 e. The Bertz CT molecular complexity index is 171. The normalized spacial score (nSPS) is 13.6. The van der Waals surface area contributed by atoms with Crippen LogP contribution in [0, 0.1) is 0 Å². The number of ether oxygens (including phenoxy) is 2. The Labute approximate surface area is 95.3 Å². The maximum atomic E-state index is 5.86. The first-order chi connectivity index (χ1) is 6.68. The van der Waals surface area contributed by atoms with Crippen molar-refractivity contribution in [1.82, 2.24) is 0 Å². The van der Waals surface area contributed by atoms with Crippen molar-refractivity contribution < 1.29 is 9.47 Å². The zero-order valence-electron chi connectivity index (χ0n) is 11.5. The second kappa shape index (κ2) is 5.86. The summed E-state index contributed by atoms with van der Waals surface area (Å²) in [7, 11) is 0. The summed E-state index contributed by atoms with van der Waals surface area (Å²) in [6.07, 6.45) is 2.34.